The lowest BCUT2D eigenvalue weighted by atomic mass is 10.1. The van der Waals surface area contributed by atoms with Crippen molar-refractivity contribution in [2.45, 2.75) is 33.1 Å². The minimum Gasteiger partial charge on any atom is -0.258 e. The van der Waals surface area contributed by atoms with Crippen molar-refractivity contribution >= 4 is 5.69 Å². The smallest absolute Gasteiger partial charge is 0.258 e. The molecule has 0 fully saturated rings. The quantitative estimate of drug-likeness (QED) is 0.508. The topological polar surface area (TPSA) is 43.1 Å². The molecule has 1 aliphatic carbocycles. The number of nitro groups is 1. The van der Waals surface area contributed by atoms with Crippen LogP contribution in [0.25, 0.3) is 0 Å². The second-order valence-electron chi connectivity index (χ2n) is 3.06. The molecule has 0 aliphatic heterocycles. The monoisotopic (exact) mass is 193 g/mol. The average molecular weight is 193 g/mol. The number of benzene rings is 1. The summed E-state index contributed by atoms with van der Waals surface area (Å²) in [5.41, 5.74) is 2.65. The minimum atomic E-state index is -0.335. The summed E-state index contributed by atoms with van der Waals surface area (Å²) in [7, 11) is 0. The van der Waals surface area contributed by atoms with E-state index in [0.717, 1.165) is 24.8 Å². The van der Waals surface area contributed by atoms with Crippen molar-refractivity contribution in [3.8, 4) is 0 Å². The lowest BCUT2D eigenvalue weighted by Crippen LogP contribution is -1.89. The molecule has 0 unspecified atom stereocenters. The molecule has 14 heavy (non-hydrogen) atoms. The van der Waals surface area contributed by atoms with Crippen LogP contribution in [0.1, 0.15) is 31.4 Å². The third-order valence-electron chi connectivity index (χ3n) is 2.29. The van der Waals surface area contributed by atoms with Gasteiger partial charge in [-0.3, -0.25) is 10.1 Å². The third kappa shape index (κ3) is 2.10. The Morgan fingerprint density at radius 2 is 1.86 bits per heavy atom. The summed E-state index contributed by atoms with van der Waals surface area (Å²) >= 11 is 0. The fraction of sp³-hybridized carbons (Fsp3) is 0.455. The molecule has 0 spiro atoms. The van der Waals surface area contributed by atoms with E-state index in [0.29, 0.717) is 0 Å². The standard InChI is InChI=1S/C9H9NO2.C2H6/c11-10(12)9-5-4-7-2-1-3-8(7)6-9;1-2/h4-6H,1-3H2;1-2H3. The van der Waals surface area contributed by atoms with E-state index in [4.69, 9.17) is 0 Å². The SMILES string of the molecule is CC.O=[N+]([O-])c1ccc2c(c1)CCC2. The summed E-state index contributed by atoms with van der Waals surface area (Å²) in [6.45, 7) is 4.00. The second-order valence-corrected chi connectivity index (χ2v) is 3.06. The van der Waals surface area contributed by atoms with Gasteiger partial charge in [0.05, 0.1) is 4.92 Å². The first-order valence-corrected chi connectivity index (χ1v) is 5.03. The van der Waals surface area contributed by atoms with E-state index in [2.05, 4.69) is 0 Å². The zero-order valence-corrected chi connectivity index (χ0v) is 8.62. The Bertz CT molecular complexity index is 334. The van der Waals surface area contributed by atoms with Gasteiger partial charge in [-0.25, -0.2) is 0 Å². The zero-order chi connectivity index (χ0) is 10.6. The maximum atomic E-state index is 10.4. The first-order chi connectivity index (χ1) is 6.77. The summed E-state index contributed by atoms with van der Waals surface area (Å²) in [6.07, 6.45) is 3.21. The van der Waals surface area contributed by atoms with E-state index in [-0.39, 0.29) is 10.6 Å². The Hall–Kier alpha value is -1.38. The minimum absolute atomic E-state index is 0.218. The van der Waals surface area contributed by atoms with Gasteiger partial charge in [0.2, 0.25) is 0 Å². The van der Waals surface area contributed by atoms with Crippen LogP contribution in [-0.2, 0) is 12.8 Å². The van der Waals surface area contributed by atoms with E-state index < -0.39 is 0 Å². The molecule has 1 aromatic carbocycles. The van der Waals surface area contributed by atoms with Gasteiger partial charge >= 0.3 is 0 Å². The molecule has 1 aromatic rings. The fourth-order valence-electron chi connectivity index (χ4n) is 1.67. The van der Waals surface area contributed by atoms with E-state index in [1.165, 1.54) is 5.56 Å². The van der Waals surface area contributed by atoms with E-state index in [1.54, 1.807) is 12.1 Å². The van der Waals surface area contributed by atoms with Crippen LogP contribution in [0.5, 0.6) is 0 Å². The van der Waals surface area contributed by atoms with Crippen molar-refractivity contribution in [3.05, 3.63) is 39.4 Å². The molecule has 0 radical (unpaired) electrons. The predicted octanol–water partition coefficient (Wildman–Crippen LogP) is 3.11. The Labute approximate surface area is 83.9 Å². The number of fused-ring (bicyclic) bond motifs is 1. The summed E-state index contributed by atoms with van der Waals surface area (Å²) in [5.74, 6) is 0. The highest BCUT2D eigenvalue weighted by Gasteiger charge is 2.14. The van der Waals surface area contributed by atoms with Gasteiger partial charge in [-0.15, -0.1) is 0 Å². The molecule has 0 aromatic heterocycles. The second kappa shape index (κ2) is 4.74. The number of nitrogens with zero attached hydrogens (tertiary/aromatic N) is 1. The molecular weight excluding hydrogens is 178 g/mol. The molecule has 0 saturated carbocycles. The van der Waals surface area contributed by atoms with Crippen LogP contribution in [0.3, 0.4) is 0 Å². The third-order valence-corrected chi connectivity index (χ3v) is 2.29. The fourth-order valence-corrected chi connectivity index (χ4v) is 1.67. The molecule has 0 amide bonds. The van der Waals surface area contributed by atoms with Crippen LogP contribution in [0, 0.1) is 10.1 Å². The normalized spacial score (nSPS) is 12.7. The molecule has 3 nitrogen and oxygen atoms in total. The highest BCUT2D eigenvalue weighted by molar-refractivity contribution is 5.41. The molecule has 0 bridgehead atoms. The number of hydrogen-bond acceptors (Lipinski definition) is 2. The molecule has 3 heteroatoms. The van der Waals surface area contributed by atoms with E-state index >= 15 is 0 Å². The molecule has 0 atom stereocenters. The van der Waals surface area contributed by atoms with Gasteiger partial charge in [0.25, 0.3) is 5.69 Å². The molecular formula is C11H15NO2. The molecule has 0 saturated heterocycles. The van der Waals surface area contributed by atoms with Crippen LogP contribution < -0.4 is 0 Å². The van der Waals surface area contributed by atoms with Crippen molar-refractivity contribution in [2.24, 2.45) is 0 Å². The molecule has 1 aliphatic rings. The van der Waals surface area contributed by atoms with Gasteiger partial charge < -0.3 is 0 Å². The maximum absolute atomic E-state index is 10.4. The lowest BCUT2D eigenvalue weighted by Gasteiger charge is -1.96. The zero-order valence-electron chi connectivity index (χ0n) is 8.62. The molecule has 76 valence electrons. The van der Waals surface area contributed by atoms with Crippen LogP contribution in [-0.4, -0.2) is 4.92 Å². The molecule has 2 rings (SSSR count). The molecule has 0 heterocycles. The van der Waals surface area contributed by atoms with E-state index in [1.807, 2.05) is 19.9 Å². The number of nitro benzene ring substituents is 1. The van der Waals surface area contributed by atoms with Gasteiger partial charge in [0.1, 0.15) is 0 Å². The Morgan fingerprint density at radius 3 is 2.50 bits per heavy atom. The van der Waals surface area contributed by atoms with Gasteiger partial charge in [-0.05, 0) is 30.4 Å². The number of non-ortho nitro benzene ring substituents is 1. The van der Waals surface area contributed by atoms with Gasteiger partial charge in [-0.1, -0.05) is 19.9 Å². The van der Waals surface area contributed by atoms with Crippen molar-refractivity contribution in [1.29, 1.82) is 0 Å². The highest BCUT2D eigenvalue weighted by atomic mass is 16.6. The van der Waals surface area contributed by atoms with Crippen molar-refractivity contribution < 1.29 is 4.92 Å². The average Bonchev–Trinajstić information content (AvgIpc) is 2.67. The van der Waals surface area contributed by atoms with Crippen LogP contribution in [0.4, 0.5) is 5.69 Å². The van der Waals surface area contributed by atoms with Crippen molar-refractivity contribution in [1.82, 2.24) is 0 Å². The highest BCUT2D eigenvalue weighted by Crippen LogP contribution is 2.25. The van der Waals surface area contributed by atoms with Gasteiger partial charge in [0.15, 0.2) is 0 Å². The Morgan fingerprint density at radius 1 is 1.21 bits per heavy atom. The number of hydrogen-bond donors (Lipinski definition) is 0. The van der Waals surface area contributed by atoms with Crippen LogP contribution >= 0.6 is 0 Å². The van der Waals surface area contributed by atoms with E-state index in [9.17, 15) is 10.1 Å². The number of aryl methyl sites for hydroxylation is 2. The first kappa shape index (κ1) is 10.7. The Balaban J connectivity index is 0.000000461. The molecule has 0 N–H and O–H groups in total. The van der Waals surface area contributed by atoms with Crippen LogP contribution in [0.2, 0.25) is 0 Å². The summed E-state index contributed by atoms with van der Waals surface area (Å²) in [6, 6.07) is 5.16. The maximum Gasteiger partial charge on any atom is 0.269 e. The summed E-state index contributed by atoms with van der Waals surface area (Å²) < 4.78 is 0. The number of rotatable bonds is 1. The van der Waals surface area contributed by atoms with Crippen molar-refractivity contribution in [2.75, 3.05) is 0 Å². The van der Waals surface area contributed by atoms with Gasteiger partial charge in [-0.2, -0.15) is 0 Å². The first-order valence-electron chi connectivity index (χ1n) is 5.03. The summed E-state index contributed by atoms with van der Waals surface area (Å²) in [4.78, 5) is 10.1. The Kier molecular flexibility index (Phi) is 3.63. The lowest BCUT2D eigenvalue weighted by molar-refractivity contribution is -0.384. The predicted molar refractivity (Wildman–Crippen MR) is 56.5 cm³/mol. The van der Waals surface area contributed by atoms with Crippen molar-refractivity contribution in [3.63, 3.8) is 0 Å². The summed E-state index contributed by atoms with van der Waals surface area (Å²) in [5, 5.41) is 10.4. The largest absolute Gasteiger partial charge is 0.269 e. The van der Waals surface area contributed by atoms with Crippen LogP contribution in [0.15, 0.2) is 18.2 Å². The van der Waals surface area contributed by atoms with Gasteiger partial charge in [0, 0.05) is 12.1 Å².